The second kappa shape index (κ2) is 9.87. The normalized spacial score (nSPS) is 18.6. The summed E-state index contributed by atoms with van der Waals surface area (Å²) >= 11 is 12.3. The Balaban J connectivity index is 1.94. The molecule has 1 amide bonds. The van der Waals surface area contributed by atoms with Gasteiger partial charge in [0.1, 0.15) is 17.1 Å². The van der Waals surface area contributed by atoms with Crippen LogP contribution in [0.2, 0.25) is 10.0 Å². The van der Waals surface area contributed by atoms with Crippen molar-refractivity contribution < 1.29 is 27.2 Å². The number of ether oxygens (including phenoxy) is 2. The van der Waals surface area contributed by atoms with Crippen LogP contribution in [0, 0.1) is 0 Å². The van der Waals surface area contributed by atoms with Crippen LogP contribution in [0.5, 0.6) is 11.5 Å². The predicted octanol–water partition coefficient (Wildman–Crippen LogP) is 4.46. The van der Waals surface area contributed by atoms with Crippen LogP contribution in [-0.4, -0.2) is 56.8 Å². The molecule has 1 aliphatic rings. The Morgan fingerprint density at radius 3 is 2.34 bits per heavy atom. The Morgan fingerprint density at radius 1 is 1.12 bits per heavy atom. The third-order valence-electron chi connectivity index (χ3n) is 5.87. The van der Waals surface area contributed by atoms with Gasteiger partial charge in [-0.2, -0.15) is 8.42 Å². The average molecular weight is 502 g/mol. The molecule has 10 heteroatoms. The number of carbonyl (C=O) groups is 1. The average Bonchev–Trinajstić information content (AvgIpc) is 3.19. The van der Waals surface area contributed by atoms with E-state index in [1.54, 1.807) is 35.2 Å². The van der Waals surface area contributed by atoms with Gasteiger partial charge in [-0.1, -0.05) is 35.3 Å². The van der Waals surface area contributed by atoms with Gasteiger partial charge in [0.05, 0.1) is 30.0 Å². The predicted molar refractivity (Wildman–Crippen MR) is 124 cm³/mol. The second-order valence-corrected chi connectivity index (χ2v) is 10.2. The summed E-state index contributed by atoms with van der Waals surface area (Å²) < 4.78 is 42.5. The molecular formula is C22H25Cl2NO6S. The highest BCUT2D eigenvalue weighted by Gasteiger charge is 2.42. The number of nitrogens with zero attached hydrogens (tertiary/aromatic N) is 1. The first-order chi connectivity index (χ1) is 15.1. The summed E-state index contributed by atoms with van der Waals surface area (Å²) in [7, 11) is -1.11. The zero-order valence-electron chi connectivity index (χ0n) is 17.8. The molecular weight excluding hydrogens is 477 g/mol. The van der Waals surface area contributed by atoms with Gasteiger partial charge in [0.15, 0.2) is 0 Å². The summed E-state index contributed by atoms with van der Waals surface area (Å²) in [6, 6.07) is 10.4. The second-order valence-electron chi connectivity index (χ2n) is 7.81. The summed E-state index contributed by atoms with van der Waals surface area (Å²) in [5, 5.41) is 0.794. The van der Waals surface area contributed by atoms with Gasteiger partial charge in [-0.15, -0.1) is 0 Å². The number of hydrogen-bond donors (Lipinski definition) is 1. The van der Waals surface area contributed by atoms with Crippen molar-refractivity contribution in [3.63, 3.8) is 0 Å². The van der Waals surface area contributed by atoms with Crippen LogP contribution in [-0.2, 0) is 15.5 Å². The molecule has 2 aromatic rings. The summed E-state index contributed by atoms with van der Waals surface area (Å²) in [5.74, 6) is 0.223. The molecule has 1 aliphatic heterocycles. The molecule has 0 radical (unpaired) electrons. The molecule has 1 heterocycles. The Labute approximate surface area is 198 Å². The van der Waals surface area contributed by atoms with Gasteiger partial charge >= 0.3 is 0 Å². The van der Waals surface area contributed by atoms with Gasteiger partial charge in [0.2, 0.25) is 0 Å². The van der Waals surface area contributed by atoms with Crippen molar-refractivity contribution >= 4 is 39.2 Å². The van der Waals surface area contributed by atoms with Crippen LogP contribution in [0.4, 0.5) is 0 Å². The van der Waals surface area contributed by atoms with Crippen LogP contribution in [0.1, 0.15) is 35.2 Å². The van der Waals surface area contributed by atoms with Gasteiger partial charge in [0, 0.05) is 18.5 Å². The minimum Gasteiger partial charge on any atom is -0.496 e. The molecule has 1 unspecified atom stereocenters. The number of hydrogen-bond acceptors (Lipinski definition) is 5. The molecule has 1 atom stereocenters. The molecule has 1 N–H and O–H groups in total. The lowest BCUT2D eigenvalue weighted by atomic mass is 9.76. The molecule has 7 nitrogen and oxygen atoms in total. The highest BCUT2D eigenvalue weighted by atomic mass is 35.5. The van der Waals surface area contributed by atoms with Crippen LogP contribution in [0.3, 0.4) is 0 Å². The van der Waals surface area contributed by atoms with Crippen molar-refractivity contribution in [2.75, 3.05) is 33.1 Å². The number of halogens is 2. The monoisotopic (exact) mass is 501 g/mol. The summed E-state index contributed by atoms with van der Waals surface area (Å²) in [6.07, 6.45) is 1.27. The molecule has 0 spiro atoms. The van der Waals surface area contributed by atoms with Crippen LogP contribution in [0.15, 0.2) is 36.4 Å². The fourth-order valence-corrected chi connectivity index (χ4v) is 5.08. The van der Waals surface area contributed by atoms with Crippen molar-refractivity contribution in [3.05, 3.63) is 57.6 Å². The van der Waals surface area contributed by atoms with E-state index in [1.165, 1.54) is 14.2 Å². The number of carbonyl (C=O) groups excluding carboxylic acids is 1. The van der Waals surface area contributed by atoms with E-state index in [9.17, 15) is 17.8 Å². The van der Waals surface area contributed by atoms with E-state index in [0.29, 0.717) is 53.0 Å². The smallest absolute Gasteiger partial charge is 0.264 e. The number of amides is 1. The molecule has 1 saturated heterocycles. The van der Waals surface area contributed by atoms with E-state index in [-0.39, 0.29) is 18.1 Å². The van der Waals surface area contributed by atoms with Gasteiger partial charge < -0.3 is 14.4 Å². The minimum atomic E-state index is -4.09. The number of methoxy groups -OCH3 is 2. The van der Waals surface area contributed by atoms with E-state index in [0.717, 1.165) is 5.56 Å². The third kappa shape index (κ3) is 5.31. The van der Waals surface area contributed by atoms with Gasteiger partial charge in [-0.25, -0.2) is 0 Å². The fraction of sp³-hybridized carbons (Fsp3) is 0.409. The van der Waals surface area contributed by atoms with Gasteiger partial charge in [-0.05, 0) is 49.1 Å². The van der Waals surface area contributed by atoms with Crippen molar-refractivity contribution in [2.45, 2.75) is 24.7 Å². The zero-order valence-corrected chi connectivity index (χ0v) is 20.1. The molecule has 32 heavy (non-hydrogen) atoms. The molecule has 2 aromatic carbocycles. The lowest BCUT2D eigenvalue weighted by Crippen LogP contribution is -2.35. The lowest BCUT2D eigenvalue weighted by Gasteiger charge is -2.30. The fourth-order valence-electron chi connectivity index (χ4n) is 4.27. The summed E-state index contributed by atoms with van der Waals surface area (Å²) in [5.41, 5.74) is 0.661. The van der Waals surface area contributed by atoms with E-state index < -0.39 is 15.5 Å². The first kappa shape index (κ1) is 24.6. The van der Waals surface area contributed by atoms with Crippen molar-refractivity contribution in [2.24, 2.45) is 0 Å². The van der Waals surface area contributed by atoms with Gasteiger partial charge in [-0.3, -0.25) is 9.35 Å². The van der Waals surface area contributed by atoms with E-state index in [2.05, 4.69) is 0 Å². The Kier molecular flexibility index (Phi) is 7.60. The molecule has 0 saturated carbocycles. The SMILES string of the molecule is COc1cccc(OC)c1C(=O)N1CCC(CCCS(=O)(=O)O)(c2ccc(Cl)c(Cl)c2)C1. The van der Waals surface area contributed by atoms with Crippen LogP contribution >= 0.6 is 23.2 Å². The maximum Gasteiger partial charge on any atom is 0.264 e. The molecule has 3 rings (SSSR count). The van der Waals surface area contributed by atoms with Gasteiger partial charge in [0.25, 0.3) is 16.0 Å². The molecule has 0 aromatic heterocycles. The van der Waals surface area contributed by atoms with E-state index >= 15 is 0 Å². The topological polar surface area (TPSA) is 93.1 Å². The van der Waals surface area contributed by atoms with Crippen molar-refractivity contribution in [1.29, 1.82) is 0 Å². The maximum atomic E-state index is 13.5. The molecule has 0 bridgehead atoms. The zero-order chi connectivity index (χ0) is 23.5. The third-order valence-corrected chi connectivity index (χ3v) is 7.42. The number of likely N-dealkylation sites (tertiary alicyclic amines) is 1. The largest absolute Gasteiger partial charge is 0.496 e. The Bertz CT molecular complexity index is 1090. The lowest BCUT2D eigenvalue weighted by molar-refractivity contribution is 0.0775. The highest BCUT2D eigenvalue weighted by Crippen LogP contribution is 2.42. The van der Waals surface area contributed by atoms with Crippen molar-refractivity contribution in [1.82, 2.24) is 4.90 Å². The molecule has 0 aliphatic carbocycles. The van der Waals surface area contributed by atoms with Crippen LogP contribution < -0.4 is 9.47 Å². The summed E-state index contributed by atoms with van der Waals surface area (Å²) in [6.45, 7) is 0.794. The number of rotatable bonds is 8. The van der Waals surface area contributed by atoms with Crippen LogP contribution in [0.25, 0.3) is 0 Å². The molecule has 174 valence electrons. The van der Waals surface area contributed by atoms with Crippen molar-refractivity contribution in [3.8, 4) is 11.5 Å². The Hall–Kier alpha value is -2.00. The standard InChI is InChI=1S/C22H25Cl2NO6S/c1-30-18-5-3-6-19(31-2)20(18)21(26)25-11-10-22(14-25,9-4-12-32(27,28)29)15-7-8-16(23)17(24)13-15/h3,5-8,13H,4,9-12,14H2,1-2H3,(H,27,28,29). The van der Waals surface area contributed by atoms with E-state index in [1.807, 2.05) is 6.07 Å². The summed E-state index contributed by atoms with van der Waals surface area (Å²) in [4.78, 5) is 15.2. The van der Waals surface area contributed by atoms with E-state index in [4.69, 9.17) is 32.7 Å². The first-order valence-electron chi connectivity index (χ1n) is 10.0. The minimum absolute atomic E-state index is 0.235. The number of benzene rings is 2. The quantitative estimate of drug-likeness (QED) is 0.536. The molecule has 1 fully saturated rings. The Morgan fingerprint density at radius 2 is 1.78 bits per heavy atom. The highest BCUT2D eigenvalue weighted by molar-refractivity contribution is 7.85. The maximum absolute atomic E-state index is 13.5. The first-order valence-corrected chi connectivity index (χ1v) is 12.4.